The van der Waals surface area contributed by atoms with Crippen molar-refractivity contribution in [1.29, 1.82) is 0 Å². The summed E-state index contributed by atoms with van der Waals surface area (Å²) in [7, 11) is 0. The van der Waals surface area contributed by atoms with E-state index in [1.54, 1.807) is 6.92 Å². The van der Waals surface area contributed by atoms with Crippen molar-refractivity contribution >= 4 is 17.9 Å². The second-order valence-corrected chi connectivity index (χ2v) is 11.0. The summed E-state index contributed by atoms with van der Waals surface area (Å²) in [6.45, 7) is 8.81. The third-order valence-corrected chi connectivity index (χ3v) is 9.48. The summed E-state index contributed by atoms with van der Waals surface area (Å²) in [6, 6.07) is 0. The number of hydrogen-bond acceptors (Lipinski definition) is 7. The van der Waals surface area contributed by atoms with Gasteiger partial charge in [0.2, 0.25) is 0 Å². The molecule has 7 nitrogen and oxygen atoms in total. The highest BCUT2D eigenvalue weighted by molar-refractivity contribution is 5.92. The molecule has 0 saturated heterocycles. The van der Waals surface area contributed by atoms with E-state index in [1.165, 1.54) is 13.8 Å². The Morgan fingerprint density at radius 3 is 2.39 bits per heavy atom. The number of rotatable bonds is 2. The first-order valence-electron chi connectivity index (χ1n) is 11.4. The van der Waals surface area contributed by atoms with Gasteiger partial charge >= 0.3 is 17.9 Å². The molecule has 170 valence electrons. The van der Waals surface area contributed by atoms with Crippen LogP contribution in [0.15, 0.2) is 11.1 Å². The minimum Gasteiger partial charge on any atom is -0.459 e. The smallest absolute Gasteiger partial charge is 0.334 e. The van der Waals surface area contributed by atoms with Gasteiger partial charge in [0, 0.05) is 30.9 Å². The van der Waals surface area contributed by atoms with Crippen molar-refractivity contribution in [2.75, 3.05) is 0 Å². The molecule has 9 atom stereocenters. The molecule has 0 amide bonds. The van der Waals surface area contributed by atoms with Gasteiger partial charge in [0.05, 0.1) is 0 Å². The van der Waals surface area contributed by atoms with Crippen LogP contribution in [0.3, 0.4) is 0 Å². The molecule has 4 saturated carbocycles. The molecule has 0 unspecified atom stereocenters. The number of esters is 3. The van der Waals surface area contributed by atoms with Crippen molar-refractivity contribution in [3.05, 3.63) is 11.1 Å². The SMILES string of the molecule is CC(=O)O[C@@H]1C[C@@H]2[C@@]3(C)C[C@H]3CC[C@@]2(C)[C@@H]2C[C@H]3OC(=O)C(C)=C3[C@H](OC(C)=O)[C@@]12O. The monoisotopic (exact) mass is 432 g/mol. The second kappa shape index (κ2) is 6.33. The van der Waals surface area contributed by atoms with Gasteiger partial charge in [-0.2, -0.15) is 0 Å². The highest BCUT2D eigenvalue weighted by Crippen LogP contribution is 2.75. The van der Waals surface area contributed by atoms with Gasteiger partial charge in [0.25, 0.3) is 0 Å². The number of hydrogen-bond donors (Lipinski definition) is 1. The average molecular weight is 433 g/mol. The quantitative estimate of drug-likeness (QED) is 0.529. The zero-order valence-corrected chi connectivity index (χ0v) is 18.9. The van der Waals surface area contributed by atoms with Crippen molar-refractivity contribution in [3.8, 4) is 0 Å². The van der Waals surface area contributed by atoms with Crippen molar-refractivity contribution < 1.29 is 33.7 Å². The summed E-state index contributed by atoms with van der Waals surface area (Å²) in [4.78, 5) is 36.6. The molecule has 0 aromatic carbocycles. The fourth-order valence-corrected chi connectivity index (χ4v) is 7.97. The summed E-state index contributed by atoms with van der Waals surface area (Å²) in [5.74, 6) is -0.854. The van der Waals surface area contributed by atoms with Crippen LogP contribution in [0, 0.1) is 28.6 Å². The Morgan fingerprint density at radius 2 is 1.74 bits per heavy atom. The van der Waals surface area contributed by atoms with Crippen molar-refractivity contribution in [3.63, 3.8) is 0 Å². The van der Waals surface area contributed by atoms with E-state index in [9.17, 15) is 19.5 Å². The number of fused-ring (bicyclic) bond motifs is 6. The maximum atomic E-state index is 12.4. The molecule has 4 fully saturated rings. The van der Waals surface area contributed by atoms with Crippen LogP contribution in [-0.4, -0.2) is 46.9 Å². The lowest BCUT2D eigenvalue weighted by Gasteiger charge is -2.64. The van der Waals surface area contributed by atoms with Gasteiger partial charge in [-0.05, 0) is 61.7 Å². The maximum absolute atomic E-state index is 12.4. The second-order valence-electron chi connectivity index (χ2n) is 11.0. The molecular weight excluding hydrogens is 400 g/mol. The summed E-state index contributed by atoms with van der Waals surface area (Å²) in [6.07, 6.45) is 1.75. The van der Waals surface area contributed by atoms with Crippen LogP contribution < -0.4 is 0 Å². The van der Waals surface area contributed by atoms with Crippen molar-refractivity contribution in [1.82, 2.24) is 0 Å². The molecular formula is C24H32O7. The van der Waals surface area contributed by atoms with Crippen LogP contribution in [0.5, 0.6) is 0 Å². The van der Waals surface area contributed by atoms with E-state index < -0.39 is 41.8 Å². The average Bonchev–Trinajstić information content (AvgIpc) is 3.26. The molecule has 0 aromatic rings. The fourth-order valence-electron chi connectivity index (χ4n) is 7.97. The summed E-state index contributed by atoms with van der Waals surface area (Å²) in [5.41, 5.74) is -0.789. The number of carbonyl (C=O) groups is 3. The number of ether oxygens (including phenoxy) is 3. The highest BCUT2D eigenvalue weighted by atomic mass is 16.6. The lowest BCUT2D eigenvalue weighted by Crippen LogP contribution is -2.72. The number of aliphatic hydroxyl groups is 1. The molecule has 0 spiro atoms. The van der Waals surface area contributed by atoms with Crippen LogP contribution in [-0.2, 0) is 28.6 Å². The summed E-state index contributed by atoms with van der Waals surface area (Å²) < 4.78 is 17.2. The third kappa shape index (κ3) is 2.65. The molecule has 1 heterocycles. The Morgan fingerprint density at radius 1 is 1.06 bits per heavy atom. The first-order valence-corrected chi connectivity index (χ1v) is 11.4. The van der Waals surface area contributed by atoms with E-state index in [2.05, 4.69) is 13.8 Å². The third-order valence-electron chi connectivity index (χ3n) is 9.48. The van der Waals surface area contributed by atoms with Crippen LogP contribution in [0.25, 0.3) is 0 Å². The van der Waals surface area contributed by atoms with Crippen LogP contribution in [0.1, 0.15) is 66.7 Å². The molecule has 0 radical (unpaired) electrons. The van der Waals surface area contributed by atoms with E-state index >= 15 is 0 Å². The Kier molecular flexibility index (Phi) is 4.29. The van der Waals surface area contributed by atoms with Crippen LogP contribution >= 0.6 is 0 Å². The van der Waals surface area contributed by atoms with Gasteiger partial charge in [0.1, 0.15) is 17.8 Å². The molecule has 0 bridgehead atoms. The minimum absolute atomic E-state index is 0.169. The first kappa shape index (κ1) is 21.0. The van der Waals surface area contributed by atoms with Gasteiger partial charge in [0.15, 0.2) is 6.10 Å². The Balaban J connectivity index is 1.68. The molecule has 31 heavy (non-hydrogen) atoms. The van der Waals surface area contributed by atoms with Crippen molar-refractivity contribution in [2.45, 2.75) is 90.6 Å². The molecule has 4 aliphatic carbocycles. The molecule has 1 N–H and O–H groups in total. The first-order chi connectivity index (χ1) is 14.4. The predicted molar refractivity (Wildman–Crippen MR) is 108 cm³/mol. The van der Waals surface area contributed by atoms with Gasteiger partial charge in [-0.25, -0.2) is 4.79 Å². The molecule has 5 aliphatic rings. The topological polar surface area (TPSA) is 99.1 Å². The van der Waals surface area contributed by atoms with Gasteiger partial charge in [-0.15, -0.1) is 0 Å². The van der Waals surface area contributed by atoms with Crippen LogP contribution in [0.4, 0.5) is 0 Å². The normalized spacial score (nSPS) is 49.8. The van der Waals surface area contributed by atoms with Crippen LogP contribution in [0.2, 0.25) is 0 Å². The highest BCUT2D eigenvalue weighted by Gasteiger charge is 2.75. The standard InChI is InChI=1S/C24H32O7/c1-11-19-15(31-21(11)27)8-17-22(4)7-6-14-10-23(14,5)16(22)9-18(29-12(2)25)24(17,28)20(19)30-13(3)26/h14-18,20,28H,6-10H2,1-5H3/t14-,15-,16+,17+,18-,20+,22-,23+,24+/m1/s1. The molecule has 1 aliphatic heterocycles. The number of carbonyl (C=O) groups excluding carboxylic acids is 3. The minimum atomic E-state index is -1.61. The van der Waals surface area contributed by atoms with Gasteiger partial charge in [-0.1, -0.05) is 13.8 Å². The lowest BCUT2D eigenvalue weighted by molar-refractivity contribution is -0.272. The van der Waals surface area contributed by atoms with Crippen molar-refractivity contribution in [2.24, 2.45) is 28.6 Å². The van der Waals surface area contributed by atoms with E-state index in [0.717, 1.165) is 19.3 Å². The lowest BCUT2D eigenvalue weighted by atomic mass is 9.44. The summed E-state index contributed by atoms with van der Waals surface area (Å²) in [5, 5.41) is 12.4. The molecule has 5 rings (SSSR count). The maximum Gasteiger partial charge on any atom is 0.334 e. The largest absolute Gasteiger partial charge is 0.459 e. The van der Waals surface area contributed by atoms with E-state index in [0.29, 0.717) is 29.9 Å². The van der Waals surface area contributed by atoms with Gasteiger partial charge < -0.3 is 19.3 Å². The van der Waals surface area contributed by atoms with Gasteiger partial charge in [-0.3, -0.25) is 9.59 Å². The predicted octanol–water partition coefficient (Wildman–Crippen LogP) is 2.69. The Bertz CT molecular complexity index is 908. The zero-order chi connectivity index (χ0) is 22.5. The van der Waals surface area contributed by atoms with E-state index in [-0.39, 0.29) is 22.7 Å². The molecule has 7 heteroatoms. The Labute approximate surface area is 182 Å². The zero-order valence-electron chi connectivity index (χ0n) is 18.9. The molecule has 0 aromatic heterocycles. The van der Waals surface area contributed by atoms with E-state index in [1.807, 2.05) is 0 Å². The summed E-state index contributed by atoms with van der Waals surface area (Å²) >= 11 is 0. The fraction of sp³-hybridized carbons (Fsp3) is 0.792. The van der Waals surface area contributed by atoms with E-state index in [4.69, 9.17) is 14.2 Å². The Hall–Kier alpha value is -1.89.